The molecule has 1 N–H and O–H groups in total. The summed E-state index contributed by atoms with van der Waals surface area (Å²) in [5.74, 6) is 0.391. The van der Waals surface area contributed by atoms with Gasteiger partial charge in [0.25, 0.3) is 0 Å². The maximum atomic E-state index is 13.6. The topological polar surface area (TPSA) is 54.0 Å². The van der Waals surface area contributed by atoms with Crippen LogP contribution in [-0.4, -0.2) is 46.2 Å². The van der Waals surface area contributed by atoms with Crippen LogP contribution in [0.5, 0.6) is 0 Å². The number of H-pyrrole nitrogens is 1. The van der Waals surface area contributed by atoms with E-state index in [4.69, 9.17) is 4.74 Å². The molecule has 0 unspecified atom stereocenters. The van der Waals surface area contributed by atoms with Crippen LogP contribution in [-0.2, 0) is 11.3 Å². The van der Waals surface area contributed by atoms with Gasteiger partial charge in [0, 0.05) is 30.8 Å². The number of benzene rings is 1. The normalized spacial score (nSPS) is 15.9. The quantitative estimate of drug-likeness (QED) is 0.804. The molecule has 24 heavy (non-hydrogen) atoms. The molecule has 1 aliphatic heterocycles. The van der Waals surface area contributed by atoms with Crippen molar-refractivity contribution in [2.24, 2.45) is 0 Å². The van der Waals surface area contributed by atoms with Crippen LogP contribution in [0, 0.1) is 12.7 Å². The van der Waals surface area contributed by atoms with Gasteiger partial charge in [0.2, 0.25) is 0 Å². The third kappa shape index (κ3) is 2.90. The molecule has 3 heterocycles. The molecule has 0 radical (unpaired) electrons. The number of halogens is 1. The minimum absolute atomic E-state index is 0.321. The van der Waals surface area contributed by atoms with Crippen LogP contribution in [0.4, 0.5) is 4.39 Å². The molecule has 4 rings (SSSR count). The third-order valence-corrected chi connectivity index (χ3v) is 4.46. The van der Waals surface area contributed by atoms with Gasteiger partial charge in [0.15, 0.2) is 5.65 Å². The number of nitrogens with zero attached hydrogens (tertiary/aromatic N) is 3. The predicted molar refractivity (Wildman–Crippen MR) is 90.1 cm³/mol. The number of aromatic amines is 1. The highest BCUT2D eigenvalue weighted by Gasteiger charge is 2.13. The number of rotatable bonds is 3. The van der Waals surface area contributed by atoms with Crippen LogP contribution in [0.25, 0.3) is 22.6 Å². The Morgan fingerprint density at radius 2 is 1.96 bits per heavy atom. The molecule has 1 fully saturated rings. The lowest BCUT2D eigenvalue weighted by Gasteiger charge is -2.26. The average Bonchev–Trinajstić information content (AvgIpc) is 3.05. The Bertz CT molecular complexity index is 853. The van der Waals surface area contributed by atoms with Crippen molar-refractivity contribution >= 4 is 11.2 Å². The SMILES string of the molecule is Cc1c(F)cnc2nc(-c3ccc(CN4CCOCC4)cc3)[nH]c12. The highest BCUT2D eigenvalue weighted by Crippen LogP contribution is 2.23. The van der Waals surface area contributed by atoms with E-state index in [-0.39, 0.29) is 5.82 Å². The van der Waals surface area contributed by atoms with Crippen LogP contribution in [0.3, 0.4) is 0 Å². The molecule has 5 nitrogen and oxygen atoms in total. The smallest absolute Gasteiger partial charge is 0.178 e. The fourth-order valence-electron chi connectivity index (χ4n) is 2.98. The molecule has 0 amide bonds. The molecule has 0 atom stereocenters. The van der Waals surface area contributed by atoms with E-state index in [0.717, 1.165) is 38.4 Å². The van der Waals surface area contributed by atoms with Crippen LogP contribution in [0.2, 0.25) is 0 Å². The molecule has 124 valence electrons. The van der Waals surface area contributed by atoms with Crippen molar-refractivity contribution in [2.45, 2.75) is 13.5 Å². The first-order valence-electron chi connectivity index (χ1n) is 8.11. The number of aryl methyl sites for hydroxylation is 1. The van der Waals surface area contributed by atoms with Crippen molar-refractivity contribution < 1.29 is 9.13 Å². The maximum Gasteiger partial charge on any atom is 0.178 e. The van der Waals surface area contributed by atoms with Gasteiger partial charge in [-0.1, -0.05) is 24.3 Å². The standard InChI is InChI=1S/C18H19FN4O/c1-12-15(19)10-20-18-16(12)21-17(22-18)14-4-2-13(3-5-14)11-23-6-8-24-9-7-23/h2-5,10H,6-9,11H2,1H3,(H,20,21,22). The van der Waals surface area contributed by atoms with E-state index in [9.17, 15) is 4.39 Å². The van der Waals surface area contributed by atoms with E-state index in [1.165, 1.54) is 11.8 Å². The fourth-order valence-corrected chi connectivity index (χ4v) is 2.98. The Labute approximate surface area is 139 Å². The molecule has 0 aliphatic carbocycles. The molecule has 1 saturated heterocycles. The Morgan fingerprint density at radius 1 is 1.21 bits per heavy atom. The zero-order valence-electron chi connectivity index (χ0n) is 13.6. The van der Waals surface area contributed by atoms with Crippen LogP contribution in [0.15, 0.2) is 30.5 Å². The van der Waals surface area contributed by atoms with E-state index < -0.39 is 0 Å². The summed E-state index contributed by atoms with van der Waals surface area (Å²) in [5.41, 5.74) is 3.97. The number of pyridine rings is 1. The summed E-state index contributed by atoms with van der Waals surface area (Å²) in [5, 5.41) is 0. The first-order valence-corrected chi connectivity index (χ1v) is 8.11. The summed E-state index contributed by atoms with van der Waals surface area (Å²) in [6.45, 7) is 6.21. The first-order chi connectivity index (χ1) is 11.7. The van der Waals surface area contributed by atoms with Gasteiger partial charge in [0.05, 0.1) is 24.9 Å². The molecule has 6 heteroatoms. The van der Waals surface area contributed by atoms with Gasteiger partial charge >= 0.3 is 0 Å². The molecule has 3 aromatic rings. The lowest BCUT2D eigenvalue weighted by molar-refractivity contribution is 0.0342. The number of ether oxygens (including phenoxy) is 1. The zero-order chi connectivity index (χ0) is 16.5. The second-order valence-corrected chi connectivity index (χ2v) is 6.10. The Kier molecular flexibility index (Phi) is 4.00. The number of imidazole rings is 1. The third-order valence-electron chi connectivity index (χ3n) is 4.46. The number of fused-ring (bicyclic) bond motifs is 1. The molecule has 1 aromatic carbocycles. The van der Waals surface area contributed by atoms with Crippen molar-refractivity contribution in [2.75, 3.05) is 26.3 Å². The molecule has 0 saturated carbocycles. The summed E-state index contributed by atoms with van der Waals surface area (Å²) >= 11 is 0. The number of hydrogen-bond donors (Lipinski definition) is 1. The summed E-state index contributed by atoms with van der Waals surface area (Å²) in [6, 6.07) is 8.30. The molecular formula is C18H19FN4O. The van der Waals surface area contributed by atoms with Crippen molar-refractivity contribution in [3.8, 4) is 11.4 Å². The summed E-state index contributed by atoms with van der Waals surface area (Å²) in [7, 11) is 0. The lowest BCUT2D eigenvalue weighted by Crippen LogP contribution is -2.35. The van der Waals surface area contributed by atoms with Crippen LogP contribution < -0.4 is 0 Å². The number of nitrogens with one attached hydrogen (secondary N) is 1. The Balaban J connectivity index is 1.57. The van der Waals surface area contributed by atoms with Gasteiger partial charge in [0.1, 0.15) is 11.6 Å². The van der Waals surface area contributed by atoms with Crippen LogP contribution >= 0.6 is 0 Å². The molecule has 0 bridgehead atoms. The van der Waals surface area contributed by atoms with Crippen molar-refractivity contribution in [1.82, 2.24) is 19.9 Å². The maximum absolute atomic E-state index is 13.6. The monoisotopic (exact) mass is 326 g/mol. The van der Waals surface area contributed by atoms with Crippen LogP contribution in [0.1, 0.15) is 11.1 Å². The van der Waals surface area contributed by atoms with Crippen molar-refractivity contribution in [1.29, 1.82) is 0 Å². The van der Waals surface area contributed by atoms with Crippen molar-refractivity contribution in [3.05, 3.63) is 47.4 Å². The molecule has 1 aliphatic rings. The van der Waals surface area contributed by atoms with Crippen molar-refractivity contribution in [3.63, 3.8) is 0 Å². The highest BCUT2D eigenvalue weighted by atomic mass is 19.1. The fraction of sp³-hybridized carbons (Fsp3) is 0.333. The van der Waals surface area contributed by atoms with E-state index in [2.05, 4.69) is 32.0 Å². The molecule has 0 spiro atoms. The van der Waals surface area contributed by atoms with Gasteiger partial charge in [-0.25, -0.2) is 14.4 Å². The Morgan fingerprint density at radius 3 is 2.71 bits per heavy atom. The zero-order valence-corrected chi connectivity index (χ0v) is 13.6. The van der Waals surface area contributed by atoms with E-state index >= 15 is 0 Å². The van der Waals surface area contributed by atoms with Gasteiger partial charge in [-0.15, -0.1) is 0 Å². The highest BCUT2D eigenvalue weighted by molar-refractivity contribution is 5.78. The largest absolute Gasteiger partial charge is 0.379 e. The minimum Gasteiger partial charge on any atom is -0.379 e. The summed E-state index contributed by atoms with van der Waals surface area (Å²) in [4.78, 5) is 14.1. The summed E-state index contributed by atoms with van der Waals surface area (Å²) in [6.07, 6.45) is 1.22. The van der Waals surface area contributed by atoms with Gasteiger partial charge in [-0.2, -0.15) is 0 Å². The van der Waals surface area contributed by atoms with Gasteiger partial charge in [-0.3, -0.25) is 4.90 Å². The van der Waals surface area contributed by atoms with Gasteiger partial charge < -0.3 is 9.72 Å². The number of morpholine rings is 1. The minimum atomic E-state index is -0.321. The van der Waals surface area contributed by atoms with E-state index in [1.54, 1.807) is 6.92 Å². The second kappa shape index (κ2) is 6.30. The van der Waals surface area contributed by atoms with E-state index in [0.29, 0.717) is 22.6 Å². The molecular weight excluding hydrogens is 307 g/mol. The van der Waals surface area contributed by atoms with Gasteiger partial charge in [-0.05, 0) is 12.5 Å². The number of hydrogen-bond acceptors (Lipinski definition) is 4. The number of aromatic nitrogens is 3. The average molecular weight is 326 g/mol. The second-order valence-electron chi connectivity index (χ2n) is 6.10. The van der Waals surface area contributed by atoms with E-state index in [1.807, 2.05) is 12.1 Å². The Hall–Kier alpha value is -2.31. The molecule has 2 aromatic heterocycles. The lowest BCUT2D eigenvalue weighted by atomic mass is 10.1. The first kappa shape index (κ1) is 15.2. The summed E-state index contributed by atoms with van der Waals surface area (Å²) < 4.78 is 19.0. The predicted octanol–water partition coefficient (Wildman–Crippen LogP) is 2.90.